The van der Waals surface area contributed by atoms with E-state index in [-0.39, 0.29) is 5.91 Å². The zero-order chi connectivity index (χ0) is 16.9. The predicted molar refractivity (Wildman–Crippen MR) is 90.7 cm³/mol. The van der Waals surface area contributed by atoms with Crippen molar-refractivity contribution in [3.63, 3.8) is 0 Å². The molecule has 0 radical (unpaired) electrons. The van der Waals surface area contributed by atoms with Crippen molar-refractivity contribution in [2.75, 3.05) is 26.2 Å². The molecule has 1 saturated heterocycles. The predicted octanol–water partition coefficient (Wildman–Crippen LogP) is 1.81. The van der Waals surface area contributed by atoms with E-state index < -0.39 is 0 Å². The van der Waals surface area contributed by atoms with Crippen molar-refractivity contribution in [2.45, 2.75) is 39.7 Å². The Morgan fingerprint density at radius 1 is 1.25 bits per heavy atom. The highest BCUT2D eigenvalue weighted by molar-refractivity contribution is 7.09. The summed E-state index contributed by atoms with van der Waals surface area (Å²) in [5.41, 5.74) is 1.13. The molecule has 0 unspecified atom stereocenters. The summed E-state index contributed by atoms with van der Waals surface area (Å²) in [5.74, 6) is 1.47. The van der Waals surface area contributed by atoms with Gasteiger partial charge < -0.3 is 9.42 Å². The Balaban J connectivity index is 1.37. The number of thiazole rings is 1. The first-order valence-corrected chi connectivity index (χ1v) is 9.18. The van der Waals surface area contributed by atoms with E-state index >= 15 is 0 Å². The number of aryl methyl sites for hydroxylation is 3. The Morgan fingerprint density at radius 2 is 2.04 bits per heavy atom. The van der Waals surface area contributed by atoms with Crippen molar-refractivity contribution in [3.05, 3.63) is 27.8 Å². The highest BCUT2D eigenvalue weighted by Gasteiger charge is 2.21. The van der Waals surface area contributed by atoms with Gasteiger partial charge in [-0.3, -0.25) is 9.69 Å². The second-order valence-electron chi connectivity index (χ2n) is 6.10. The van der Waals surface area contributed by atoms with Gasteiger partial charge in [0, 0.05) is 50.9 Å². The summed E-state index contributed by atoms with van der Waals surface area (Å²) in [4.78, 5) is 25.3. The maximum atomic E-state index is 12.3. The van der Waals surface area contributed by atoms with E-state index in [4.69, 9.17) is 4.52 Å². The largest absolute Gasteiger partial charge is 0.340 e. The van der Waals surface area contributed by atoms with E-state index in [0.29, 0.717) is 24.6 Å². The van der Waals surface area contributed by atoms with Crippen LogP contribution >= 0.6 is 11.3 Å². The normalized spacial score (nSPS) is 15.8. The van der Waals surface area contributed by atoms with Gasteiger partial charge in [0.15, 0.2) is 5.82 Å². The van der Waals surface area contributed by atoms with Gasteiger partial charge in [0.25, 0.3) is 0 Å². The molecular formula is C16H23N5O2S. The summed E-state index contributed by atoms with van der Waals surface area (Å²) in [6.45, 7) is 8.10. The van der Waals surface area contributed by atoms with Crippen LogP contribution in [0.25, 0.3) is 0 Å². The van der Waals surface area contributed by atoms with Gasteiger partial charge in [-0.2, -0.15) is 4.98 Å². The summed E-state index contributed by atoms with van der Waals surface area (Å²) >= 11 is 1.69. The monoisotopic (exact) mass is 349 g/mol. The molecule has 24 heavy (non-hydrogen) atoms. The fourth-order valence-corrected chi connectivity index (χ4v) is 3.46. The first kappa shape index (κ1) is 17.0. The van der Waals surface area contributed by atoms with Gasteiger partial charge in [-0.05, 0) is 20.3 Å². The van der Waals surface area contributed by atoms with Gasteiger partial charge in [0.1, 0.15) is 0 Å². The maximum Gasteiger partial charge on any atom is 0.226 e. The van der Waals surface area contributed by atoms with Crippen LogP contribution in [0.4, 0.5) is 0 Å². The lowest BCUT2D eigenvalue weighted by Gasteiger charge is -2.34. The average molecular weight is 349 g/mol. The van der Waals surface area contributed by atoms with E-state index in [9.17, 15) is 4.79 Å². The van der Waals surface area contributed by atoms with Crippen molar-refractivity contribution < 1.29 is 9.32 Å². The van der Waals surface area contributed by atoms with Crippen molar-refractivity contribution in [1.29, 1.82) is 0 Å². The van der Waals surface area contributed by atoms with Gasteiger partial charge in [-0.15, -0.1) is 11.3 Å². The van der Waals surface area contributed by atoms with E-state index in [1.54, 1.807) is 18.3 Å². The molecule has 1 aliphatic rings. The molecular weight excluding hydrogens is 326 g/mol. The highest BCUT2D eigenvalue weighted by Crippen LogP contribution is 2.13. The second-order valence-corrected chi connectivity index (χ2v) is 7.17. The van der Waals surface area contributed by atoms with Crippen LogP contribution < -0.4 is 0 Å². The highest BCUT2D eigenvalue weighted by atomic mass is 32.1. The van der Waals surface area contributed by atoms with Crippen LogP contribution in [0.1, 0.15) is 35.3 Å². The molecule has 3 rings (SSSR count). The molecule has 3 heterocycles. The van der Waals surface area contributed by atoms with Crippen LogP contribution in [0, 0.1) is 13.8 Å². The van der Waals surface area contributed by atoms with E-state index in [0.717, 1.165) is 49.8 Å². The van der Waals surface area contributed by atoms with Gasteiger partial charge >= 0.3 is 0 Å². The Labute approximate surface area is 145 Å². The number of hydrogen-bond donors (Lipinski definition) is 0. The molecule has 7 nitrogen and oxygen atoms in total. The smallest absolute Gasteiger partial charge is 0.226 e. The van der Waals surface area contributed by atoms with Crippen molar-refractivity contribution in [2.24, 2.45) is 0 Å². The summed E-state index contributed by atoms with van der Waals surface area (Å²) in [7, 11) is 0. The van der Waals surface area contributed by atoms with E-state index in [1.165, 1.54) is 0 Å². The van der Waals surface area contributed by atoms with Gasteiger partial charge in [-0.1, -0.05) is 5.16 Å². The third kappa shape index (κ3) is 4.61. The summed E-state index contributed by atoms with van der Waals surface area (Å²) < 4.78 is 5.07. The fraction of sp³-hybridized carbons (Fsp3) is 0.625. The minimum atomic E-state index is 0.218. The molecule has 0 atom stereocenters. The summed E-state index contributed by atoms with van der Waals surface area (Å²) in [6, 6.07) is 0. The zero-order valence-corrected chi connectivity index (χ0v) is 15.0. The molecule has 8 heteroatoms. The molecule has 1 aliphatic heterocycles. The lowest BCUT2D eigenvalue weighted by Crippen LogP contribution is -2.48. The van der Waals surface area contributed by atoms with Crippen molar-refractivity contribution >= 4 is 17.2 Å². The Morgan fingerprint density at radius 3 is 2.67 bits per heavy atom. The lowest BCUT2D eigenvalue weighted by atomic mass is 10.2. The number of carbonyl (C=O) groups excluding carboxylic acids is 1. The van der Waals surface area contributed by atoms with Crippen LogP contribution in [-0.4, -0.2) is 57.0 Å². The first-order valence-electron chi connectivity index (χ1n) is 8.30. The molecule has 1 fully saturated rings. The molecule has 0 aliphatic carbocycles. The zero-order valence-electron chi connectivity index (χ0n) is 14.2. The molecule has 1 amide bonds. The van der Waals surface area contributed by atoms with Crippen LogP contribution in [-0.2, 0) is 17.8 Å². The fourth-order valence-electron chi connectivity index (χ4n) is 2.86. The minimum Gasteiger partial charge on any atom is -0.340 e. The minimum absolute atomic E-state index is 0.218. The van der Waals surface area contributed by atoms with E-state index in [1.807, 2.05) is 11.8 Å². The average Bonchev–Trinajstić information content (AvgIpc) is 3.16. The third-order valence-electron chi connectivity index (χ3n) is 4.13. The SMILES string of the molecule is Cc1noc(CCCC(=O)N2CCN(Cc3csc(C)n3)CC2)n1. The van der Waals surface area contributed by atoms with Crippen LogP contribution in [0.15, 0.2) is 9.90 Å². The molecule has 0 saturated carbocycles. The van der Waals surface area contributed by atoms with E-state index in [2.05, 4.69) is 25.4 Å². The summed E-state index contributed by atoms with van der Waals surface area (Å²) in [6.07, 6.45) is 1.95. The maximum absolute atomic E-state index is 12.3. The first-order chi connectivity index (χ1) is 11.6. The molecule has 0 bridgehead atoms. The van der Waals surface area contributed by atoms with Crippen molar-refractivity contribution in [3.8, 4) is 0 Å². The van der Waals surface area contributed by atoms with Gasteiger partial charge in [0.2, 0.25) is 11.8 Å². The van der Waals surface area contributed by atoms with Gasteiger partial charge in [-0.25, -0.2) is 4.98 Å². The number of rotatable bonds is 6. The Hall–Kier alpha value is -1.80. The van der Waals surface area contributed by atoms with Crippen LogP contribution in [0.5, 0.6) is 0 Å². The quantitative estimate of drug-likeness (QED) is 0.792. The molecule has 0 N–H and O–H groups in total. The standard InChI is InChI=1S/C16H23N5O2S/c1-12-17-15(23-19-12)4-3-5-16(22)21-8-6-20(7-9-21)10-14-11-24-13(2)18-14/h11H,3-10H2,1-2H3. The molecule has 2 aromatic rings. The summed E-state index contributed by atoms with van der Waals surface area (Å²) in [5, 5.41) is 6.98. The number of hydrogen-bond acceptors (Lipinski definition) is 7. The number of nitrogens with zero attached hydrogens (tertiary/aromatic N) is 5. The lowest BCUT2D eigenvalue weighted by molar-refractivity contribution is -0.133. The number of carbonyl (C=O) groups is 1. The molecule has 0 spiro atoms. The van der Waals surface area contributed by atoms with Gasteiger partial charge in [0.05, 0.1) is 10.7 Å². The third-order valence-corrected chi connectivity index (χ3v) is 4.95. The Bertz CT molecular complexity index is 676. The van der Waals surface area contributed by atoms with Crippen LogP contribution in [0.3, 0.4) is 0 Å². The topological polar surface area (TPSA) is 75.4 Å². The number of aromatic nitrogens is 3. The number of piperazine rings is 1. The Kier molecular flexibility index (Phi) is 5.57. The number of amides is 1. The molecule has 130 valence electrons. The van der Waals surface area contributed by atoms with Crippen molar-refractivity contribution in [1.82, 2.24) is 24.9 Å². The second kappa shape index (κ2) is 7.85. The molecule has 0 aromatic carbocycles. The molecule has 2 aromatic heterocycles. The van der Waals surface area contributed by atoms with Crippen LogP contribution in [0.2, 0.25) is 0 Å².